The molecular weight excluding hydrogens is 214 g/mol. The van der Waals surface area contributed by atoms with Crippen LogP contribution < -0.4 is 5.73 Å². The summed E-state index contributed by atoms with van der Waals surface area (Å²) in [7, 11) is 0. The Morgan fingerprint density at radius 3 is 2.47 bits per heavy atom. The number of nitrogens with zero attached hydrogens (tertiary/aromatic N) is 2. The molecule has 1 aromatic heterocycles. The predicted molar refractivity (Wildman–Crippen MR) is 65.8 cm³/mol. The van der Waals surface area contributed by atoms with E-state index >= 15 is 0 Å². The topological polar surface area (TPSA) is 60.9 Å². The Balaban J connectivity index is 2.24. The molecule has 0 atom stereocenters. The van der Waals surface area contributed by atoms with E-state index in [0.29, 0.717) is 12.2 Å². The third-order valence-electron chi connectivity index (χ3n) is 2.69. The molecule has 4 nitrogen and oxygen atoms in total. The van der Waals surface area contributed by atoms with Crippen molar-refractivity contribution in [1.82, 2.24) is 9.78 Å². The number of rotatable bonds is 3. The fourth-order valence-electron chi connectivity index (χ4n) is 1.66. The van der Waals surface area contributed by atoms with Gasteiger partial charge in [0.15, 0.2) is 0 Å². The molecule has 2 aromatic rings. The molecule has 0 aliphatic rings. The Morgan fingerprint density at radius 1 is 1.29 bits per heavy atom. The number of carbonyl (C=O) groups excluding carboxylic acids is 1. The van der Waals surface area contributed by atoms with E-state index in [0.717, 1.165) is 11.3 Å². The number of primary amides is 1. The maximum absolute atomic E-state index is 11.0. The van der Waals surface area contributed by atoms with Crippen LogP contribution >= 0.6 is 0 Å². The Kier molecular flexibility index (Phi) is 2.95. The van der Waals surface area contributed by atoms with Crippen molar-refractivity contribution >= 4 is 5.91 Å². The largest absolute Gasteiger partial charge is 0.364 e. The number of benzene rings is 1. The van der Waals surface area contributed by atoms with Crippen molar-refractivity contribution in [2.24, 2.45) is 5.73 Å². The van der Waals surface area contributed by atoms with Gasteiger partial charge in [-0.25, -0.2) is 0 Å². The van der Waals surface area contributed by atoms with E-state index in [1.165, 1.54) is 5.56 Å². The lowest BCUT2D eigenvalue weighted by Gasteiger charge is -2.04. The number of aryl methyl sites for hydroxylation is 2. The number of amides is 1. The number of carbonyl (C=O) groups is 1. The molecule has 1 heterocycles. The van der Waals surface area contributed by atoms with Crippen molar-refractivity contribution in [3.8, 4) is 0 Å². The van der Waals surface area contributed by atoms with Crippen LogP contribution in [-0.2, 0) is 6.54 Å². The monoisotopic (exact) mass is 229 g/mol. The van der Waals surface area contributed by atoms with Gasteiger partial charge in [0.1, 0.15) is 5.69 Å². The van der Waals surface area contributed by atoms with Gasteiger partial charge in [0.25, 0.3) is 5.91 Å². The van der Waals surface area contributed by atoms with Crippen molar-refractivity contribution in [2.75, 3.05) is 0 Å². The first-order valence-corrected chi connectivity index (χ1v) is 5.46. The van der Waals surface area contributed by atoms with E-state index in [-0.39, 0.29) is 0 Å². The quantitative estimate of drug-likeness (QED) is 0.869. The molecule has 0 aliphatic carbocycles. The van der Waals surface area contributed by atoms with Crippen molar-refractivity contribution in [1.29, 1.82) is 0 Å². The van der Waals surface area contributed by atoms with Gasteiger partial charge >= 0.3 is 0 Å². The third kappa shape index (κ3) is 2.53. The van der Waals surface area contributed by atoms with Crippen LogP contribution in [0.2, 0.25) is 0 Å². The fourth-order valence-corrected chi connectivity index (χ4v) is 1.66. The number of hydrogen-bond acceptors (Lipinski definition) is 2. The minimum atomic E-state index is -0.490. The van der Waals surface area contributed by atoms with E-state index < -0.39 is 5.91 Å². The molecule has 1 amide bonds. The molecule has 1 aromatic carbocycles. The van der Waals surface area contributed by atoms with Gasteiger partial charge in [-0.05, 0) is 25.5 Å². The van der Waals surface area contributed by atoms with Gasteiger partial charge in [0.05, 0.1) is 6.54 Å². The van der Waals surface area contributed by atoms with E-state index in [9.17, 15) is 4.79 Å². The third-order valence-corrected chi connectivity index (χ3v) is 2.69. The maximum atomic E-state index is 11.0. The smallest absolute Gasteiger partial charge is 0.269 e. The average molecular weight is 229 g/mol. The van der Waals surface area contributed by atoms with Gasteiger partial charge in [-0.2, -0.15) is 5.10 Å². The van der Waals surface area contributed by atoms with Crippen molar-refractivity contribution in [3.05, 3.63) is 52.8 Å². The van der Waals surface area contributed by atoms with Crippen molar-refractivity contribution in [2.45, 2.75) is 20.4 Å². The summed E-state index contributed by atoms with van der Waals surface area (Å²) >= 11 is 0. The minimum absolute atomic E-state index is 0.314. The summed E-state index contributed by atoms with van der Waals surface area (Å²) in [6, 6.07) is 9.93. The van der Waals surface area contributed by atoms with Crippen LogP contribution in [0.1, 0.15) is 27.3 Å². The highest BCUT2D eigenvalue weighted by atomic mass is 16.1. The molecule has 2 N–H and O–H groups in total. The molecule has 0 fully saturated rings. The van der Waals surface area contributed by atoms with Crippen LogP contribution in [0, 0.1) is 13.8 Å². The lowest BCUT2D eigenvalue weighted by molar-refractivity contribution is 0.0995. The Morgan fingerprint density at radius 2 is 1.94 bits per heavy atom. The van der Waals surface area contributed by atoms with Crippen molar-refractivity contribution < 1.29 is 4.79 Å². The number of aromatic nitrogens is 2. The van der Waals surface area contributed by atoms with Crippen LogP contribution in [0.25, 0.3) is 0 Å². The molecule has 0 spiro atoms. The highest BCUT2D eigenvalue weighted by molar-refractivity contribution is 5.90. The van der Waals surface area contributed by atoms with Crippen LogP contribution in [-0.4, -0.2) is 15.7 Å². The second kappa shape index (κ2) is 4.41. The molecule has 0 unspecified atom stereocenters. The summed E-state index contributed by atoms with van der Waals surface area (Å²) in [6.07, 6.45) is 0. The van der Waals surface area contributed by atoms with Crippen LogP contribution in [0.3, 0.4) is 0 Å². The molecule has 0 aliphatic heterocycles. The highest BCUT2D eigenvalue weighted by Gasteiger charge is 2.08. The Bertz CT molecular complexity index is 540. The molecular formula is C13H15N3O. The van der Waals surface area contributed by atoms with E-state index in [1.54, 1.807) is 10.7 Å². The Labute approximate surface area is 100 Å². The standard InChI is InChI=1S/C13H15N3O/c1-9-3-5-11(6-4-9)8-16-10(2)7-12(15-16)13(14)17/h3-7H,8H2,1-2H3,(H2,14,17). The van der Waals surface area contributed by atoms with Crippen molar-refractivity contribution in [3.63, 3.8) is 0 Å². The molecule has 0 saturated carbocycles. The summed E-state index contributed by atoms with van der Waals surface area (Å²) in [5.74, 6) is -0.490. The summed E-state index contributed by atoms with van der Waals surface area (Å²) in [5.41, 5.74) is 8.82. The predicted octanol–water partition coefficient (Wildman–Crippen LogP) is 1.65. The van der Waals surface area contributed by atoms with Crippen LogP contribution in [0.15, 0.2) is 30.3 Å². The van der Waals surface area contributed by atoms with E-state index in [1.807, 2.05) is 13.8 Å². The first-order valence-electron chi connectivity index (χ1n) is 5.46. The summed E-state index contributed by atoms with van der Waals surface area (Å²) < 4.78 is 1.78. The lowest BCUT2D eigenvalue weighted by Crippen LogP contribution is -2.12. The second-order valence-corrected chi connectivity index (χ2v) is 4.18. The summed E-state index contributed by atoms with van der Waals surface area (Å²) in [4.78, 5) is 11.0. The highest BCUT2D eigenvalue weighted by Crippen LogP contribution is 2.08. The van der Waals surface area contributed by atoms with E-state index in [4.69, 9.17) is 5.73 Å². The average Bonchev–Trinajstić information content (AvgIpc) is 2.64. The molecule has 0 saturated heterocycles. The molecule has 17 heavy (non-hydrogen) atoms. The Hall–Kier alpha value is -2.10. The van der Waals surface area contributed by atoms with Crippen LogP contribution in [0.4, 0.5) is 0 Å². The van der Waals surface area contributed by atoms with Gasteiger partial charge in [0, 0.05) is 5.69 Å². The second-order valence-electron chi connectivity index (χ2n) is 4.18. The zero-order valence-corrected chi connectivity index (χ0v) is 9.97. The molecule has 2 rings (SSSR count). The first kappa shape index (κ1) is 11.4. The van der Waals surface area contributed by atoms with Gasteiger partial charge in [0.2, 0.25) is 0 Å². The lowest BCUT2D eigenvalue weighted by atomic mass is 10.1. The number of hydrogen-bond donors (Lipinski definition) is 1. The SMILES string of the molecule is Cc1ccc(Cn2nc(C(N)=O)cc2C)cc1. The zero-order valence-electron chi connectivity index (χ0n) is 9.97. The van der Waals surface area contributed by atoms with Crippen LogP contribution in [0.5, 0.6) is 0 Å². The molecule has 0 bridgehead atoms. The van der Waals surface area contributed by atoms with E-state index in [2.05, 4.69) is 29.4 Å². The normalized spacial score (nSPS) is 10.5. The molecule has 88 valence electrons. The molecule has 4 heteroatoms. The maximum Gasteiger partial charge on any atom is 0.269 e. The van der Waals surface area contributed by atoms with Gasteiger partial charge in [-0.15, -0.1) is 0 Å². The summed E-state index contributed by atoms with van der Waals surface area (Å²) in [6.45, 7) is 4.61. The first-order chi connectivity index (χ1) is 8.06. The van der Waals surface area contributed by atoms with Gasteiger partial charge < -0.3 is 5.73 Å². The number of nitrogens with two attached hydrogens (primary N) is 1. The fraction of sp³-hybridized carbons (Fsp3) is 0.231. The van der Waals surface area contributed by atoms with Gasteiger partial charge in [-0.3, -0.25) is 9.48 Å². The van der Waals surface area contributed by atoms with Gasteiger partial charge in [-0.1, -0.05) is 29.8 Å². The minimum Gasteiger partial charge on any atom is -0.364 e. The zero-order chi connectivity index (χ0) is 12.4. The summed E-state index contributed by atoms with van der Waals surface area (Å²) in [5, 5.41) is 4.17. The molecule has 0 radical (unpaired) electrons.